The predicted molar refractivity (Wildman–Crippen MR) is 115 cm³/mol. The molecule has 1 aliphatic rings. The monoisotopic (exact) mass is 472 g/mol. The van der Waals surface area contributed by atoms with Gasteiger partial charge in [-0.3, -0.25) is 14.6 Å². The maximum Gasteiger partial charge on any atom is 0.416 e. The molecule has 1 saturated heterocycles. The first kappa shape index (κ1) is 22.5. The molecule has 2 heterocycles. The SMILES string of the molecule is O=C1C(=O)N(Cc2cccc(C(F)(F)F)c2)C(c2ccncc2)/C1=C(\O)c1cccc(Cl)c1. The second-order valence-corrected chi connectivity index (χ2v) is 7.85. The van der Waals surface area contributed by atoms with Crippen molar-refractivity contribution in [1.82, 2.24) is 9.88 Å². The molecule has 9 heteroatoms. The van der Waals surface area contributed by atoms with E-state index in [9.17, 15) is 27.9 Å². The number of halogens is 4. The second-order valence-electron chi connectivity index (χ2n) is 7.42. The van der Waals surface area contributed by atoms with Crippen molar-refractivity contribution >= 4 is 29.1 Å². The fourth-order valence-corrected chi connectivity index (χ4v) is 3.96. The first-order valence-corrected chi connectivity index (χ1v) is 10.1. The standard InChI is InChI=1S/C24H16ClF3N2O3/c25-18-6-2-4-16(12-18)21(31)19-20(15-7-9-29-10-8-15)30(23(33)22(19)32)13-14-3-1-5-17(11-14)24(26,27)28/h1-12,20,31H,13H2/b21-19+. The Morgan fingerprint density at radius 1 is 1.03 bits per heavy atom. The van der Waals surface area contributed by atoms with Gasteiger partial charge < -0.3 is 10.0 Å². The lowest BCUT2D eigenvalue weighted by Crippen LogP contribution is -2.29. The molecule has 1 atom stereocenters. The number of benzene rings is 2. The largest absolute Gasteiger partial charge is 0.507 e. The van der Waals surface area contributed by atoms with Crippen molar-refractivity contribution in [3.8, 4) is 0 Å². The summed E-state index contributed by atoms with van der Waals surface area (Å²) in [5, 5.41) is 11.3. The number of nitrogens with zero attached hydrogens (tertiary/aromatic N) is 2. The number of aliphatic hydroxyl groups excluding tert-OH is 1. The fraction of sp³-hybridized carbons (Fsp3) is 0.125. The number of likely N-dealkylation sites (tertiary alicyclic amines) is 1. The third-order valence-electron chi connectivity index (χ3n) is 5.27. The van der Waals surface area contributed by atoms with E-state index in [1.165, 1.54) is 36.7 Å². The van der Waals surface area contributed by atoms with Crippen molar-refractivity contribution < 1.29 is 27.9 Å². The number of aliphatic hydroxyl groups is 1. The zero-order valence-corrected chi connectivity index (χ0v) is 17.6. The van der Waals surface area contributed by atoms with Crippen LogP contribution in [0, 0.1) is 0 Å². The van der Waals surface area contributed by atoms with E-state index >= 15 is 0 Å². The number of alkyl halides is 3. The Labute approximate surface area is 191 Å². The van der Waals surface area contributed by atoms with Gasteiger partial charge in [0.1, 0.15) is 5.76 Å². The molecule has 3 aromatic rings. The average molecular weight is 473 g/mol. The number of hydrogen-bond acceptors (Lipinski definition) is 4. The minimum Gasteiger partial charge on any atom is -0.507 e. The molecular weight excluding hydrogens is 457 g/mol. The molecule has 5 nitrogen and oxygen atoms in total. The van der Waals surface area contributed by atoms with Crippen molar-refractivity contribution in [2.45, 2.75) is 18.8 Å². The Balaban J connectivity index is 1.83. The first-order valence-electron chi connectivity index (χ1n) is 9.77. The molecule has 2 aromatic carbocycles. The number of Topliss-reactive ketones (excluding diaryl/α,β-unsaturated/α-hetero) is 1. The highest BCUT2D eigenvalue weighted by Crippen LogP contribution is 2.40. The minimum absolute atomic E-state index is 0.180. The average Bonchev–Trinajstić information content (AvgIpc) is 3.04. The Kier molecular flexibility index (Phi) is 5.95. The lowest BCUT2D eigenvalue weighted by molar-refractivity contribution is -0.140. The van der Waals surface area contributed by atoms with Crippen LogP contribution < -0.4 is 0 Å². The molecule has 1 fully saturated rings. The third-order valence-corrected chi connectivity index (χ3v) is 5.50. The van der Waals surface area contributed by atoms with Crippen LogP contribution in [0.1, 0.15) is 28.3 Å². The van der Waals surface area contributed by atoms with E-state index in [0.717, 1.165) is 17.0 Å². The summed E-state index contributed by atoms with van der Waals surface area (Å²) in [5.41, 5.74) is -0.150. The molecule has 1 aliphatic heterocycles. The van der Waals surface area contributed by atoms with E-state index in [1.54, 1.807) is 24.3 Å². The maximum atomic E-state index is 13.2. The van der Waals surface area contributed by atoms with E-state index in [4.69, 9.17) is 11.6 Å². The summed E-state index contributed by atoms with van der Waals surface area (Å²) < 4.78 is 39.5. The number of pyridine rings is 1. The molecule has 0 bridgehead atoms. The van der Waals surface area contributed by atoms with Crippen LogP contribution in [0.25, 0.3) is 5.76 Å². The number of rotatable bonds is 4. The molecule has 1 aromatic heterocycles. The predicted octanol–water partition coefficient (Wildman–Crippen LogP) is 5.38. The van der Waals surface area contributed by atoms with Crippen LogP contribution in [0.4, 0.5) is 13.2 Å². The molecule has 168 valence electrons. The van der Waals surface area contributed by atoms with Crippen LogP contribution in [0.15, 0.2) is 78.6 Å². The van der Waals surface area contributed by atoms with Gasteiger partial charge in [-0.25, -0.2) is 0 Å². The van der Waals surface area contributed by atoms with E-state index in [-0.39, 0.29) is 23.2 Å². The highest BCUT2D eigenvalue weighted by molar-refractivity contribution is 6.46. The Morgan fingerprint density at radius 3 is 2.39 bits per heavy atom. The van der Waals surface area contributed by atoms with Crippen molar-refractivity contribution in [3.05, 3.63) is 106 Å². The molecule has 1 unspecified atom stereocenters. The van der Waals surface area contributed by atoms with Gasteiger partial charge in [-0.15, -0.1) is 0 Å². The van der Waals surface area contributed by atoms with Crippen molar-refractivity contribution in [1.29, 1.82) is 0 Å². The summed E-state index contributed by atoms with van der Waals surface area (Å²) in [7, 11) is 0. The number of hydrogen-bond donors (Lipinski definition) is 1. The summed E-state index contributed by atoms with van der Waals surface area (Å²) in [6, 6.07) is 12.8. The highest BCUT2D eigenvalue weighted by atomic mass is 35.5. The molecule has 0 spiro atoms. The van der Waals surface area contributed by atoms with Gasteiger partial charge in [-0.2, -0.15) is 13.2 Å². The number of ketones is 1. The zero-order chi connectivity index (χ0) is 23.8. The Morgan fingerprint density at radius 2 is 1.73 bits per heavy atom. The normalized spacial score (nSPS) is 18.1. The fourth-order valence-electron chi connectivity index (χ4n) is 3.77. The topological polar surface area (TPSA) is 70.5 Å². The summed E-state index contributed by atoms with van der Waals surface area (Å²) in [6.07, 6.45) is -1.64. The van der Waals surface area contributed by atoms with Crippen LogP contribution in [0.5, 0.6) is 0 Å². The van der Waals surface area contributed by atoms with Gasteiger partial charge >= 0.3 is 6.18 Å². The number of aromatic nitrogens is 1. The summed E-state index contributed by atoms with van der Waals surface area (Å²) in [5.74, 6) is -2.30. The van der Waals surface area contributed by atoms with Crippen molar-refractivity contribution in [3.63, 3.8) is 0 Å². The van der Waals surface area contributed by atoms with Crippen LogP contribution in [-0.2, 0) is 22.3 Å². The van der Waals surface area contributed by atoms with Gasteiger partial charge in [-0.1, -0.05) is 35.9 Å². The maximum absolute atomic E-state index is 13.2. The number of carbonyl (C=O) groups excluding carboxylic acids is 2. The number of carbonyl (C=O) groups is 2. The molecule has 0 radical (unpaired) electrons. The van der Waals surface area contributed by atoms with Crippen LogP contribution in [-0.4, -0.2) is 26.7 Å². The summed E-state index contributed by atoms with van der Waals surface area (Å²) in [6.45, 7) is -0.270. The van der Waals surface area contributed by atoms with E-state index in [1.807, 2.05) is 0 Å². The second kappa shape index (κ2) is 8.71. The quantitative estimate of drug-likeness (QED) is 0.314. The zero-order valence-electron chi connectivity index (χ0n) is 16.9. The van der Waals surface area contributed by atoms with Crippen LogP contribution in [0.3, 0.4) is 0 Å². The van der Waals surface area contributed by atoms with Gasteiger partial charge in [0, 0.05) is 29.5 Å². The van der Waals surface area contributed by atoms with Gasteiger partial charge in [-0.05, 0) is 47.5 Å². The Bertz CT molecular complexity index is 1260. The molecule has 4 rings (SSSR count). The smallest absolute Gasteiger partial charge is 0.416 e. The lowest BCUT2D eigenvalue weighted by Gasteiger charge is -2.25. The Hall–Kier alpha value is -3.65. The number of amides is 1. The van der Waals surface area contributed by atoms with Gasteiger partial charge in [0.25, 0.3) is 11.7 Å². The van der Waals surface area contributed by atoms with Crippen LogP contribution >= 0.6 is 11.6 Å². The first-order chi connectivity index (χ1) is 15.7. The van der Waals surface area contributed by atoms with Crippen molar-refractivity contribution in [2.24, 2.45) is 0 Å². The van der Waals surface area contributed by atoms with Gasteiger partial charge in [0.2, 0.25) is 0 Å². The highest BCUT2D eigenvalue weighted by Gasteiger charge is 2.46. The van der Waals surface area contributed by atoms with Gasteiger partial charge in [0.15, 0.2) is 0 Å². The minimum atomic E-state index is -4.55. The molecule has 0 saturated carbocycles. The molecule has 0 aliphatic carbocycles. The van der Waals surface area contributed by atoms with Crippen LogP contribution in [0.2, 0.25) is 5.02 Å². The van der Waals surface area contributed by atoms with Gasteiger partial charge in [0.05, 0.1) is 17.2 Å². The van der Waals surface area contributed by atoms with E-state index < -0.39 is 35.2 Å². The van der Waals surface area contributed by atoms with E-state index in [2.05, 4.69) is 4.98 Å². The molecule has 33 heavy (non-hydrogen) atoms. The molecule has 1 N–H and O–H groups in total. The lowest BCUT2D eigenvalue weighted by atomic mass is 9.96. The summed E-state index contributed by atoms with van der Waals surface area (Å²) in [4.78, 5) is 31.0. The third kappa shape index (κ3) is 4.47. The van der Waals surface area contributed by atoms with Crippen molar-refractivity contribution in [2.75, 3.05) is 0 Å². The molecular formula is C24H16ClF3N2O3. The van der Waals surface area contributed by atoms with E-state index in [0.29, 0.717) is 10.6 Å². The molecule has 1 amide bonds. The summed E-state index contributed by atoms with van der Waals surface area (Å²) >= 11 is 6.01.